The van der Waals surface area contributed by atoms with Crippen LogP contribution in [0.4, 0.5) is 8.39 Å². The maximum absolute atomic E-state index is 11.5. The highest BCUT2D eigenvalue weighted by atomic mass is 35.6. The summed E-state index contributed by atoms with van der Waals surface area (Å²) in [5, 5.41) is 0. The molecule has 0 rings (SSSR count). The van der Waals surface area contributed by atoms with Gasteiger partial charge >= 0.3 is 7.99 Å². The lowest BCUT2D eigenvalue weighted by Crippen LogP contribution is -2.18. The van der Waals surface area contributed by atoms with Gasteiger partial charge in [0.15, 0.2) is 0 Å². The first-order valence-corrected chi connectivity index (χ1v) is 7.42. The molecule has 0 saturated carbocycles. The van der Waals surface area contributed by atoms with E-state index in [1.165, 1.54) is 13.1 Å². The molecule has 0 atom stereocenters. The molecule has 0 aliphatic carbocycles. The van der Waals surface area contributed by atoms with Crippen LogP contribution in [-0.4, -0.2) is 7.63 Å². The topological polar surface area (TPSA) is 26.3 Å². The average Bonchev–Trinajstić information content (AvgIpc) is 1.14. The molecule has 0 N–H and O–H groups in total. The summed E-state index contributed by atoms with van der Waals surface area (Å²) in [5.41, 5.74) is 0. The largest absolute Gasteiger partial charge is 0.542 e. The highest BCUT2D eigenvalue weighted by Gasteiger charge is 2.32. The fourth-order valence-electron chi connectivity index (χ4n) is 0.253. The molecule has 0 fully saturated rings. The summed E-state index contributed by atoms with van der Waals surface area (Å²) < 4.78 is 36.4. The third-order valence-electron chi connectivity index (χ3n) is 0.323. The molecule has 0 amide bonds. The van der Waals surface area contributed by atoms with E-state index in [4.69, 9.17) is 11.1 Å². The molecule has 56 valence electrons. The third kappa shape index (κ3) is 8.56. The maximum atomic E-state index is 11.5. The van der Waals surface area contributed by atoms with Gasteiger partial charge in [0.2, 0.25) is 0 Å². The van der Waals surface area contributed by atoms with Crippen molar-refractivity contribution in [3.63, 3.8) is 0 Å². The van der Waals surface area contributed by atoms with Gasteiger partial charge in [-0.15, -0.1) is 19.5 Å². The van der Waals surface area contributed by atoms with Crippen LogP contribution in [0, 0.1) is 0 Å². The second-order valence-corrected chi connectivity index (χ2v) is 8.89. The first-order valence-electron chi connectivity index (χ1n) is 2.10. The summed E-state index contributed by atoms with van der Waals surface area (Å²) in [6.07, 6.45) is 0. The lowest BCUT2D eigenvalue weighted by molar-refractivity contribution is 0.386. The molecule has 0 heterocycles. The predicted molar refractivity (Wildman–Crippen MR) is 34.2 cm³/mol. The van der Waals surface area contributed by atoms with Crippen molar-refractivity contribution in [2.24, 2.45) is 0 Å². The monoisotopic (exact) mass is 194 g/mol. The highest BCUT2D eigenvalue weighted by molar-refractivity contribution is 7.51. The Bertz CT molecular complexity index is 140. The normalized spacial score (nSPS) is 13.9. The van der Waals surface area contributed by atoms with Crippen LogP contribution in [-0.2, 0) is 8.78 Å². The zero-order chi connectivity index (χ0) is 7.71. The van der Waals surface area contributed by atoms with Gasteiger partial charge in [0.1, 0.15) is 0 Å². The molecule has 0 aromatic rings. The van der Waals surface area contributed by atoms with E-state index < -0.39 is 15.6 Å². The van der Waals surface area contributed by atoms with E-state index >= 15 is 0 Å². The maximum Gasteiger partial charge on any atom is 0.542 e. The van der Waals surface area contributed by atoms with Crippen LogP contribution in [0.15, 0.2) is 0 Å². The standard InChI is InChI=1S/C2H6ClF2O2PSi/c1-9(2,3)7-8(4,5)6/h1-2H3. The molecule has 2 nitrogen and oxygen atoms in total. The summed E-state index contributed by atoms with van der Waals surface area (Å²) in [5.74, 6) is 0. The molecule has 0 spiro atoms. The van der Waals surface area contributed by atoms with Gasteiger partial charge in [0.25, 0.3) is 7.63 Å². The van der Waals surface area contributed by atoms with Crippen molar-refractivity contribution < 1.29 is 17.2 Å². The second kappa shape index (κ2) is 2.66. The number of halogens is 3. The Morgan fingerprint density at radius 2 is 1.89 bits per heavy atom. The van der Waals surface area contributed by atoms with Crippen LogP contribution in [0.5, 0.6) is 0 Å². The van der Waals surface area contributed by atoms with Gasteiger partial charge < -0.3 is 4.21 Å². The smallest absolute Gasteiger partial charge is 0.308 e. The summed E-state index contributed by atoms with van der Waals surface area (Å²) in [7, 11) is -8.19. The van der Waals surface area contributed by atoms with E-state index in [2.05, 4.69) is 4.21 Å². The van der Waals surface area contributed by atoms with Gasteiger partial charge in [0, 0.05) is 0 Å². The summed E-state index contributed by atoms with van der Waals surface area (Å²) >= 11 is 5.28. The quantitative estimate of drug-likeness (QED) is 0.384. The zero-order valence-electron chi connectivity index (χ0n) is 4.90. The minimum absolute atomic E-state index is 1.32. The van der Waals surface area contributed by atoms with Gasteiger partial charge in [-0.2, -0.15) is 0 Å². The van der Waals surface area contributed by atoms with Gasteiger partial charge in [-0.05, 0) is 13.1 Å². The summed E-state index contributed by atoms with van der Waals surface area (Å²) in [6, 6.07) is 0. The number of hydrogen-bond donors (Lipinski definition) is 0. The molecular weight excluding hydrogens is 189 g/mol. The Morgan fingerprint density at radius 1 is 1.56 bits per heavy atom. The van der Waals surface area contributed by atoms with Crippen molar-refractivity contribution in [3.05, 3.63) is 0 Å². The van der Waals surface area contributed by atoms with Crippen LogP contribution >= 0.6 is 19.1 Å². The Kier molecular flexibility index (Phi) is 2.82. The van der Waals surface area contributed by atoms with Crippen LogP contribution < -0.4 is 0 Å². The zero-order valence-corrected chi connectivity index (χ0v) is 7.55. The molecular formula is C2H6ClF2O2PSi. The highest BCUT2D eigenvalue weighted by Crippen LogP contribution is 2.53. The molecule has 0 bridgehead atoms. The van der Waals surface area contributed by atoms with Crippen LogP contribution in [0.3, 0.4) is 0 Å². The van der Waals surface area contributed by atoms with Crippen molar-refractivity contribution in [3.8, 4) is 0 Å². The van der Waals surface area contributed by atoms with E-state index in [1.54, 1.807) is 0 Å². The molecule has 0 unspecified atom stereocenters. The average molecular weight is 195 g/mol. The van der Waals surface area contributed by atoms with Crippen LogP contribution in [0.25, 0.3) is 0 Å². The van der Waals surface area contributed by atoms with Crippen LogP contribution in [0.2, 0.25) is 13.1 Å². The molecule has 0 aliphatic rings. The van der Waals surface area contributed by atoms with Gasteiger partial charge in [-0.25, -0.2) is 4.57 Å². The minimum atomic E-state index is -5.36. The number of hydrogen-bond acceptors (Lipinski definition) is 2. The second-order valence-electron chi connectivity index (χ2n) is 1.87. The fourth-order valence-corrected chi connectivity index (χ4v) is 3.00. The molecule has 7 heteroatoms. The molecule has 0 saturated heterocycles. The molecule has 0 aromatic carbocycles. The van der Waals surface area contributed by atoms with E-state index in [0.29, 0.717) is 0 Å². The van der Waals surface area contributed by atoms with E-state index in [1.807, 2.05) is 0 Å². The minimum Gasteiger partial charge on any atom is -0.308 e. The van der Waals surface area contributed by atoms with E-state index in [-0.39, 0.29) is 0 Å². The van der Waals surface area contributed by atoms with E-state index in [9.17, 15) is 13.0 Å². The molecule has 9 heavy (non-hydrogen) atoms. The van der Waals surface area contributed by atoms with E-state index in [0.717, 1.165) is 0 Å². The first kappa shape index (κ1) is 9.56. The summed E-state index contributed by atoms with van der Waals surface area (Å²) in [4.78, 5) is 0. The Hall–Kier alpha value is 0.557. The molecule has 0 aliphatic heterocycles. The predicted octanol–water partition coefficient (Wildman–Crippen LogP) is 2.99. The molecule has 0 radical (unpaired) electrons. The van der Waals surface area contributed by atoms with Crippen molar-refractivity contribution in [1.82, 2.24) is 0 Å². The van der Waals surface area contributed by atoms with Crippen molar-refractivity contribution in [2.45, 2.75) is 13.1 Å². The summed E-state index contributed by atoms with van der Waals surface area (Å²) in [6.45, 7) is 2.64. The number of rotatable bonds is 2. The fraction of sp³-hybridized carbons (Fsp3) is 1.00. The Labute approximate surface area is 57.7 Å². The third-order valence-corrected chi connectivity index (χ3v) is 3.53. The first-order chi connectivity index (χ1) is 3.71. The Balaban J connectivity index is 3.90. The van der Waals surface area contributed by atoms with Gasteiger partial charge in [-0.1, -0.05) is 0 Å². The van der Waals surface area contributed by atoms with Crippen molar-refractivity contribution in [1.29, 1.82) is 0 Å². The SMILES string of the molecule is C[Si](C)(Cl)OP(=O)(F)F. The lowest BCUT2D eigenvalue weighted by atomic mass is 11.9. The molecule has 0 aromatic heterocycles. The Morgan fingerprint density at radius 3 is 1.89 bits per heavy atom. The van der Waals surface area contributed by atoms with Crippen molar-refractivity contribution >= 4 is 26.7 Å². The van der Waals surface area contributed by atoms with Gasteiger partial charge in [-0.3, -0.25) is 0 Å². The van der Waals surface area contributed by atoms with Crippen LogP contribution in [0.1, 0.15) is 0 Å². The van der Waals surface area contributed by atoms with Gasteiger partial charge in [0.05, 0.1) is 0 Å². The lowest BCUT2D eigenvalue weighted by Gasteiger charge is -2.10. The van der Waals surface area contributed by atoms with Crippen molar-refractivity contribution in [2.75, 3.05) is 0 Å².